The molecule has 1 fully saturated rings. The van der Waals surface area contributed by atoms with Gasteiger partial charge in [0.25, 0.3) is 5.91 Å². The fourth-order valence-corrected chi connectivity index (χ4v) is 2.94. The van der Waals surface area contributed by atoms with Crippen LogP contribution in [0.1, 0.15) is 55.6 Å². The number of carbonyl (C=O) groups excluding carboxylic acids is 1. The van der Waals surface area contributed by atoms with Gasteiger partial charge in [-0.3, -0.25) is 14.3 Å². The first-order valence-electron chi connectivity index (χ1n) is 8.01. The molecule has 1 aromatic rings. The van der Waals surface area contributed by atoms with Crippen molar-refractivity contribution >= 4 is 11.9 Å². The molecule has 0 radical (unpaired) electrons. The van der Waals surface area contributed by atoms with Crippen molar-refractivity contribution in [3.63, 3.8) is 0 Å². The molecule has 1 aromatic heterocycles. The number of likely N-dealkylation sites (tertiary alicyclic amines) is 1. The fraction of sp³-hybridized carbons (Fsp3) is 0.688. The van der Waals surface area contributed by atoms with Gasteiger partial charge < -0.3 is 10.0 Å². The maximum absolute atomic E-state index is 12.8. The average Bonchev–Trinajstić information content (AvgIpc) is 2.85. The first kappa shape index (κ1) is 16.5. The summed E-state index contributed by atoms with van der Waals surface area (Å²) in [5, 5.41) is 13.5. The molecule has 122 valence electrons. The summed E-state index contributed by atoms with van der Waals surface area (Å²) in [6.07, 6.45) is 5.08. The molecule has 0 saturated carbocycles. The molecule has 0 spiro atoms. The number of carbonyl (C=O) groups is 2. The van der Waals surface area contributed by atoms with E-state index in [9.17, 15) is 14.7 Å². The quantitative estimate of drug-likeness (QED) is 0.906. The van der Waals surface area contributed by atoms with Crippen molar-refractivity contribution in [3.05, 3.63) is 17.5 Å². The number of aryl methyl sites for hydroxylation is 1. The van der Waals surface area contributed by atoms with Gasteiger partial charge in [0.2, 0.25) is 0 Å². The van der Waals surface area contributed by atoms with Gasteiger partial charge in [-0.25, -0.2) is 0 Å². The highest BCUT2D eigenvalue weighted by molar-refractivity contribution is 5.95. The molecule has 2 heterocycles. The van der Waals surface area contributed by atoms with Gasteiger partial charge in [0.1, 0.15) is 0 Å². The van der Waals surface area contributed by atoms with E-state index in [4.69, 9.17) is 0 Å². The molecule has 6 nitrogen and oxygen atoms in total. The number of carboxylic acid groups (broad SMARTS) is 1. The molecule has 1 amide bonds. The number of hydrogen-bond donors (Lipinski definition) is 1. The Bertz CT molecular complexity index is 553. The summed E-state index contributed by atoms with van der Waals surface area (Å²) in [7, 11) is 0. The van der Waals surface area contributed by atoms with Crippen molar-refractivity contribution in [1.82, 2.24) is 14.7 Å². The van der Waals surface area contributed by atoms with Crippen molar-refractivity contribution < 1.29 is 14.7 Å². The topological polar surface area (TPSA) is 75.4 Å². The van der Waals surface area contributed by atoms with Gasteiger partial charge in [0.05, 0.1) is 17.7 Å². The van der Waals surface area contributed by atoms with Gasteiger partial charge in [-0.2, -0.15) is 5.10 Å². The highest BCUT2D eigenvalue weighted by Crippen LogP contribution is 2.24. The van der Waals surface area contributed by atoms with E-state index < -0.39 is 11.9 Å². The Labute approximate surface area is 131 Å². The van der Waals surface area contributed by atoms with Crippen LogP contribution >= 0.6 is 0 Å². The number of nitrogens with zero attached hydrogens (tertiary/aromatic N) is 3. The summed E-state index contributed by atoms with van der Waals surface area (Å²) < 4.78 is 1.86. The number of unbranched alkanes of at least 4 members (excludes halogenated alkanes) is 1. The van der Waals surface area contributed by atoms with Crippen LogP contribution in [0.2, 0.25) is 0 Å². The van der Waals surface area contributed by atoms with Crippen LogP contribution in [0.4, 0.5) is 0 Å². The molecular weight excluding hydrogens is 282 g/mol. The lowest BCUT2D eigenvalue weighted by molar-refractivity contribution is -0.143. The molecule has 0 aromatic carbocycles. The Balaban J connectivity index is 2.16. The zero-order valence-electron chi connectivity index (χ0n) is 13.6. The predicted octanol–water partition coefficient (Wildman–Crippen LogP) is 2.32. The molecule has 2 atom stereocenters. The molecule has 1 N–H and O–H groups in total. The zero-order valence-corrected chi connectivity index (χ0v) is 13.6. The van der Waals surface area contributed by atoms with Crippen molar-refractivity contribution in [1.29, 1.82) is 0 Å². The van der Waals surface area contributed by atoms with Crippen LogP contribution in [0.25, 0.3) is 0 Å². The predicted molar refractivity (Wildman–Crippen MR) is 82.7 cm³/mol. The molecule has 22 heavy (non-hydrogen) atoms. The van der Waals surface area contributed by atoms with Crippen molar-refractivity contribution in [2.24, 2.45) is 5.92 Å². The minimum absolute atomic E-state index is 0.0708. The standard InChI is InChI=1S/C16H25N3O3/c1-4-5-8-19-12(3)14(9-17-19)15(20)18-10-13(16(21)22)7-6-11(18)2/h9,11,13H,4-8,10H2,1-3H3,(H,21,22). The van der Waals surface area contributed by atoms with E-state index in [0.717, 1.165) is 31.5 Å². The molecule has 0 bridgehead atoms. The first-order chi connectivity index (χ1) is 10.5. The fourth-order valence-electron chi connectivity index (χ4n) is 2.94. The van der Waals surface area contributed by atoms with Gasteiger partial charge in [-0.05, 0) is 33.1 Å². The molecule has 1 aliphatic rings. The van der Waals surface area contributed by atoms with E-state index in [-0.39, 0.29) is 18.5 Å². The van der Waals surface area contributed by atoms with E-state index >= 15 is 0 Å². The maximum Gasteiger partial charge on any atom is 0.308 e. The van der Waals surface area contributed by atoms with E-state index in [1.54, 1.807) is 11.1 Å². The molecule has 1 aliphatic heterocycles. The maximum atomic E-state index is 12.8. The lowest BCUT2D eigenvalue weighted by Crippen LogP contribution is -2.47. The Hall–Kier alpha value is -1.85. The van der Waals surface area contributed by atoms with E-state index in [2.05, 4.69) is 12.0 Å². The van der Waals surface area contributed by atoms with Gasteiger partial charge in [0.15, 0.2) is 0 Å². The van der Waals surface area contributed by atoms with Crippen LogP contribution in [0, 0.1) is 12.8 Å². The zero-order chi connectivity index (χ0) is 16.3. The number of hydrogen-bond acceptors (Lipinski definition) is 3. The van der Waals surface area contributed by atoms with E-state index in [0.29, 0.717) is 12.0 Å². The van der Waals surface area contributed by atoms with Gasteiger partial charge >= 0.3 is 5.97 Å². The third kappa shape index (κ3) is 3.31. The SMILES string of the molecule is CCCCn1ncc(C(=O)N2CC(C(=O)O)CCC2C)c1C. The number of carboxylic acids is 1. The molecule has 2 unspecified atom stereocenters. The van der Waals surface area contributed by atoms with E-state index in [1.807, 2.05) is 18.5 Å². The van der Waals surface area contributed by atoms with Crippen LogP contribution in [-0.2, 0) is 11.3 Å². The summed E-state index contributed by atoms with van der Waals surface area (Å²) in [4.78, 5) is 25.7. The first-order valence-corrected chi connectivity index (χ1v) is 8.01. The second-order valence-electron chi connectivity index (χ2n) is 6.14. The Kier molecular flexibility index (Phi) is 5.21. The monoisotopic (exact) mass is 307 g/mol. The van der Waals surface area contributed by atoms with Crippen molar-refractivity contribution in [2.45, 2.75) is 59.0 Å². The molecular formula is C16H25N3O3. The Morgan fingerprint density at radius 2 is 2.14 bits per heavy atom. The Morgan fingerprint density at radius 3 is 2.77 bits per heavy atom. The largest absolute Gasteiger partial charge is 0.481 e. The highest BCUT2D eigenvalue weighted by atomic mass is 16.4. The van der Waals surface area contributed by atoms with Crippen molar-refractivity contribution in [3.8, 4) is 0 Å². The van der Waals surface area contributed by atoms with Crippen LogP contribution < -0.4 is 0 Å². The van der Waals surface area contributed by atoms with Crippen LogP contribution in [0.3, 0.4) is 0 Å². The summed E-state index contributed by atoms with van der Waals surface area (Å²) in [5.41, 5.74) is 1.46. The summed E-state index contributed by atoms with van der Waals surface area (Å²) in [6, 6.07) is 0.0708. The van der Waals surface area contributed by atoms with Crippen LogP contribution in [0.15, 0.2) is 6.20 Å². The number of rotatable bonds is 5. The smallest absolute Gasteiger partial charge is 0.308 e. The summed E-state index contributed by atoms with van der Waals surface area (Å²) >= 11 is 0. The van der Waals surface area contributed by atoms with Crippen LogP contribution in [0.5, 0.6) is 0 Å². The molecule has 2 rings (SSSR count). The highest BCUT2D eigenvalue weighted by Gasteiger charge is 2.34. The van der Waals surface area contributed by atoms with Gasteiger partial charge in [0, 0.05) is 24.8 Å². The van der Waals surface area contributed by atoms with Gasteiger partial charge in [-0.1, -0.05) is 13.3 Å². The Morgan fingerprint density at radius 1 is 1.41 bits per heavy atom. The second kappa shape index (κ2) is 6.94. The van der Waals surface area contributed by atoms with E-state index in [1.165, 1.54) is 0 Å². The number of piperidine rings is 1. The number of amides is 1. The summed E-state index contributed by atoms with van der Waals surface area (Å²) in [6.45, 7) is 7.09. The minimum Gasteiger partial charge on any atom is -0.481 e. The molecule has 1 saturated heterocycles. The van der Waals surface area contributed by atoms with Crippen LogP contribution in [-0.4, -0.2) is 44.3 Å². The second-order valence-corrected chi connectivity index (χ2v) is 6.14. The summed E-state index contributed by atoms with van der Waals surface area (Å²) in [5.74, 6) is -1.38. The number of aromatic nitrogens is 2. The minimum atomic E-state index is -0.819. The third-order valence-electron chi connectivity index (χ3n) is 4.55. The lowest BCUT2D eigenvalue weighted by Gasteiger charge is -2.36. The third-order valence-corrected chi connectivity index (χ3v) is 4.55. The van der Waals surface area contributed by atoms with Crippen molar-refractivity contribution in [2.75, 3.05) is 6.54 Å². The van der Waals surface area contributed by atoms with Gasteiger partial charge in [-0.15, -0.1) is 0 Å². The normalized spacial score (nSPS) is 21.9. The molecule has 0 aliphatic carbocycles. The number of aliphatic carboxylic acids is 1. The lowest BCUT2D eigenvalue weighted by atomic mass is 9.93. The molecule has 6 heteroatoms. The average molecular weight is 307 g/mol.